The van der Waals surface area contributed by atoms with Crippen LogP contribution in [0.5, 0.6) is 5.75 Å². The van der Waals surface area contributed by atoms with Crippen LogP contribution in [-0.2, 0) is 18.3 Å². The second-order valence-electron chi connectivity index (χ2n) is 7.76. The summed E-state index contributed by atoms with van der Waals surface area (Å²) in [6.45, 7) is 2.46. The topological polar surface area (TPSA) is 80.6 Å². The van der Waals surface area contributed by atoms with Crippen molar-refractivity contribution in [3.8, 4) is 16.9 Å². The summed E-state index contributed by atoms with van der Waals surface area (Å²) in [4.78, 5) is 24.2. The molecule has 1 heterocycles. The van der Waals surface area contributed by atoms with E-state index in [9.17, 15) is 14.7 Å². The number of methoxy groups -OCH3 is 1. The molecule has 6 heteroatoms. The lowest BCUT2D eigenvalue weighted by Crippen LogP contribution is -2.23. The van der Waals surface area contributed by atoms with Crippen LogP contribution in [0.2, 0.25) is 0 Å². The van der Waals surface area contributed by atoms with Gasteiger partial charge in [-0.3, -0.25) is 9.59 Å². The number of rotatable bonds is 9. The fraction of sp³-hybridized carbons (Fsp3) is 0.478. The summed E-state index contributed by atoms with van der Waals surface area (Å²) in [7, 11) is 3.32. The van der Waals surface area contributed by atoms with Crippen LogP contribution in [-0.4, -0.2) is 29.2 Å². The number of aromatic nitrogens is 1. The van der Waals surface area contributed by atoms with E-state index in [4.69, 9.17) is 4.74 Å². The highest BCUT2D eigenvalue weighted by molar-refractivity contribution is 5.77. The van der Waals surface area contributed by atoms with Crippen molar-refractivity contribution in [1.29, 1.82) is 0 Å². The Labute approximate surface area is 171 Å². The van der Waals surface area contributed by atoms with Crippen LogP contribution < -0.4 is 15.6 Å². The van der Waals surface area contributed by atoms with Crippen molar-refractivity contribution in [1.82, 2.24) is 9.88 Å². The first-order chi connectivity index (χ1) is 13.9. The van der Waals surface area contributed by atoms with E-state index < -0.39 is 6.10 Å². The molecule has 156 valence electrons. The highest BCUT2D eigenvalue weighted by atomic mass is 16.5. The smallest absolute Gasteiger partial charge is 0.250 e. The molecule has 6 nitrogen and oxygen atoms in total. The zero-order chi connectivity index (χ0) is 21.0. The van der Waals surface area contributed by atoms with Gasteiger partial charge < -0.3 is 19.7 Å². The van der Waals surface area contributed by atoms with E-state index in [0.717, 1.165) is 41.5 Å². The molecule has 0 bridgehead atoms. The normalized spacial score (nSPS) is 14.5. The van der Waals surface area contributed by atoms with Gasteiger partial charge in [-0.15, -0.1) is 0 Å². The number of hydrogen-bond acceptors (Lipinski definition) is 4. The number of pyridine rings is 1. The maximum absolute atomic E-state index is 12.3. The maximum Gasteiger partial charge on any atom is 0.250 e. The predicted molar refractivity (Wildman–Crippen MR) is 113 cm³/mol. The molecule has 1 saturated carbocycles. The number of aliphatic hydroxyl groups excluding tert-OH is 1. The first-order valence-electron chi connectivity index (χ1n) is 10.3. The molecular formula is C23H30N2O4. The standard InChI is InChI=1S/C23H30N2O4/c1-4-24-22(27)10-7-16-12-23(28)25(2)14-20(16)18-9-8-17(29-3)13-19(18)21(26)11-15-5-6-15/h8-9,12-15,21,26H,4-7,10-11H2,1-3H3,(H,24,27)/t21-/m0/s1. The Morgan fingerprint density at radius 2 is 2.07 bits per heavy atom. The lowest BCUT2D eigenvalue weighted by atomic mass is 9.90. The van der Waals surface area contributed by atoms with Crippen LogP contribution in [0.15, 0.2) is 35.3 Å². The number of amides is 1. The summed E-state index contributed by atoms with van der Waals surface area (Å²) in [6.07, 6.45) is 5.01. The SMILES string of the molecule is CCNC(=O)CCc1cc(=O)n(C)cc1-c1ccc(OC)cc1[C@@H](O)CC1CC1. The van der Waals surface area contributed by atoms with Crippen molar-refractivity contribution < 1.29 is 14.6 Å². The second kappa shape index (κ2) is 9.27. The third kappa shape index (κ3) is 5.26. The highest BCUT2D eigenvalue weighted by Crippen LogP contribution is 2.41. The Kier molecular flexibility index (Phi) is 6.75. The van der Waals surface area contributed by atoms with Gasteiger partial charge in [-0.2, -0.15) is 0 Å². The van der Waals surface area contributed by atoms with Crippen molar-refractivity contribution in [2.45, 2.75) is 45.1 Å². The van der Waals surface area contributed by atoms with Crippen molar-refractivity contribution in [3.05, 3.63) is 51.9 Å². The summed E-state index contributed by atoms with van der Waals surface area (Å²) < 4.78 is 6.91. The van der Waals surface area contributed by atoms with Gasteiger partial charge in [0.15, 0.2) is 0 Å². The van der Waals surface area contributed by atoms with E-state index in [2.05, 4.69) is 5.32 Å². The number of aliphatic hydroxyl groups is 1. The third-order valence-electron chi connectivity index (χ3n) is 5.47. The van der Waals surface area contributed by atoms with Gasteiger partial charge in [-0.05, 0) is 54.5 Å². The average Bonchev–Trinajstić information content (AvgIpc) is 3.52. The van der Waals surface area contributed by atoms with Gasteiger partial charge in [0.05, 0.1) is 13.2 Å². The lowest BCUT2D eigenvalue weighted by molar-refractivity contribution is -0.120. The molecule has 3 rings (SSSR count). The maximum atomic E-state index is 12.3. The molecule has 1 fully saturated rings. The average molecular weight is 399 g/mol. The van der Waals surface area contributed by atoms with E-state index in [1.807, 2.05) is 25.1 Å². The first kappa shape index (κ1) is 21.1. The molecule has 1 aliphatic rings. The van der Waals surface area contributed by atoms with Gasteiger partial charge in [0.1, 0.15) is 5.75 Å². The van der Waals surface area contributed by atoms with E-state index in [-0.39, 0.29) is 11.5 Å². The molecule has 0 spiro atoms. The number of carbonyl (C=O) groups is 1. The molecule has 1 amide bonds. The van der Waals surface area contributed by atoms with Crippen LogP contribution in [0.3, 0.4) is 0 Å². The minimum absolute atomic E-state index is 0.0390. The van der Waals surface area contributed by atoms with Gasteiger partial charge in [0, 0.05) is 37.8 Å². The Hall–Kier alpha value is -2.60. The lowest BCUT2D eigenvalue weighted by Gasteiger charge is -2.19. The number of benzene rings is 1. The summed E-state index contributed by atoms with van der Waals surface area (Å²) in [5, 5.41) is 13.7. The number of carbonyl (C=O) groups excluding carboxylic acids is 1. The molecule has 1 atom stereocenters. The van der Waals surface area contributed by atoms with E-state index in [1.54, 1.807) is 26.4 Å². The van der Waals surface area contributed by atoms with Crippen molar-refractivity contribution in [2.24, 2.45) is 13.0 Å². The van der Waals surface area contributed by atoms with Crippen molar-refractivity contribution >= 4 is 5.91 Å². The van der Waals surface area contributed by atoms with Crippen molar-refractivity contribution in [2.75, 3.05) is 13.7 Å². The summed E-state index contributed by atoms with van der Waals surface area (Å²) in [5.74, 6) is 1.22. The fourth-order valence-electron chi connectivity index (χ4n) is 3.64. The van der Waals surface area contributed by atoms with E-state index in [1.165, 1.54) is 4.57 Å². The Balaban J connectivity index is 2.02. The predicted octanol–water partition coefficient (Wildman–Crippen LogP) is 2.96. The number of hydrogen-bond donors (Lipinski definition) is 2. The van der Waals surface area contributed by atoms with Crippen LogP contribution in [0.4, 0.5) is 0 Å². The number of ether oxygens (including phenoxy) is 1. The Morgan fingerprint density at radius 1 is 1.31 bits per heavy atom. The van der Waals surface area contributed by atoms with Gasteiger partial charge in [-0.25, -0.2) is 0 Å². The quantitative estimate of drug-likeness (QED) is 0.681. The molecule has 1 aromatic heterocycles. The molecule has 0 saturated heterocycles. The molecule has 0 radical (unpaired) electrons. The second-order valence-corrected chi connectivity index (χ2v) is 7.76. The zero-order valence-electron chi connectivity index (χ0n) is 17.4. The van der Waals surface area contributed by atoms with E-state index in [0.29, 0.717) is 31.1 Å². The van der Waals surface area contributed by atoms with Gasteiger partial charge in [0.2, 0.25) is 5.91 Å². The number of nitrogens with zero attached hydrogens (tertiary/aromatic N) is 1. The minimum atomic E-state index is -0.596. The summed E-state index contributed by atoms with van der Waals surface area (Å²) in [5.41, 5.74) is 3.23. The number of nitrogens with one attached hydrogen (secondary N) is 1. The monoisotopic (exact) mass is 398 g/mol. The molecular weight excluding hydrogens is 368 g/mol. The molecule has 2 N–H and O–H groups in total. The molecule has 29 heavy (non-hydrogen) atoms. The molecule has 2 aromatic rings. The summed E-state index contributed by atoms with van der Waals surface area (Å²) in [6, 6.07) is 7.26. The van der Waals surface area contributed by atoms with Gasteiger partial charge >= 0.3 is 0 Å². The Morgan fingerprint density at radius 3 is 2.72 bits per heavy atom. The largest absolute Gasteiger partial charge is 0.497 e. The molecule has 1 aromatic carbocycles. The van der Waals surface area contributed by atoms with Gasteiger partial charge in [-0.1, -0.05) is 18.9 Å². The Bertz CT molecular complexity index is 931. The van der Waals surface area contributed by atoms with E-state index >= 15 is 0 Å². The third-order valence-corrected chi connectivity index (χ3v) is 5.47. The zero-order valence-corrected chi connectivity index (χ0v) is 17.4. The minimum Gasteiger partial charge on any atom is -0.497 e. The number of aryl methyl sites for hydroxylation is 2. The fourth-order valence-corrected chi connectivity index (χ4v) is 3.64. The van der Waals surface area contributed by atoms with Gasteiger partial charge in [0.25, 0.3) is 5.56 Å². The summed E-state index contributed by atoms with van der Waals surface area (Å²) >= 11 is 0. The van der Waals surface area contributed by atoms with Crippen LogP contribution in [0.25, 0.3) is 11.1 Å². The van der Waals surface area contributed by atoms with Crippen LogP contribution in [0, 0.1) is 5.92 Å². The molecule has 0 aliphatic heterocycles. The molecule has 0 unspecified atom stereocenters. The first-order valence-corrected chi connectivity index (χ1v) is 10.3. The van der Waals surface area contributed by atoms with Crippen LogP contribution >= 0.6 is 0 Å². The van der Waals surface area contributed by atoms with Crippen molar-refractivity contribution in [3.63, 3.8) is 0 Å². The highest BCUT2D eigenvalue weighted by Gasteiger charge is 2.27. The van der Waals surface area contributed by atoms with Crippen LogP contribution in [0.1, 0.15) is 49.8 Å². The molecule has 1 aliphatic carbocycles.